The van der Waals surface area contributed by atoms with Gasteiger partial charge in [0.1, 0.15) is 17.2 Å². The van der Waals surface area contributed by atoms with Crippen LogP contribution in [0.2, 0.25) is 0 Å². The van der Waals surface area contributed by atoms with E-state index >= 15 is 0 Å². The second kappa shape index (κ2) is 15.5. The topological polar surface area (TPSA) is 37.4 Å². The van der Waals surface area contributed by atoms with Crippen LogP contribution in [-0.2, 0) is 19.6 Å². The molecule has 1 heterocycles. The molecule has 3 aromatic rings. The van der Waals surface area contributed by atoms with Gasteiger partial charge in [-0.1, -0.05) is 36.4 Å². The second-order valence-corrected chi connectivity index (χ2v) is 10.4. The van der Waals surface area contributed by atoms with E-state index in [0.717, 1.165) is 76.2 Å². The minimum absolute atomic E-state index is 0.913. The average Bonchev–Trinajstić information content (AvgIpc) is 2.97. The highest BCUT2D eigenvalue weighted by Crippen LogP contribution is 2.18. The smallest absolute Gasteiger partial charge is 0.118 e. The zero-order chi connectivity index (χ0) is 27.3. The minimum atomic E-state index is 0.913. The van der Waals surface area contributed by atoms with Crippen LogP contribution in [0.25, 0.3) is 0 Å². The van der Waals surface area contributed by atoms with E-state index in [1.165, 1.54) is 36.0 Å². The summed E-state index contributed by atoms with van der Waals surface area (Å²) < 4.78 is 16.1. The summed E-state index contributed by atoms with van der Waals surface area (Å²) in [6, 6.07) is 25.6. The number of benzene rings is 3. The Labute approximate surface area is 235 Å². The molecule has 210 valence electrons. The highest BCUT2D eigenvalue weighted by molar-refractivity contribution is 5.28. The van der Waals surface area contributed by atoms with Crippen molar-refractivity contribution in [1.29, 1.82) is 0 Å². The normalized spacial score (nSPS) is 16.7. The summed E-state index contributed by atoms with van der Waals surface area (Å²) in [7, 11) is 5.17. The van der Waals surface area contributed by atoms with Crippen molar-refractivity contribution in [2.75, 3.05) is 60.6 Å². The van der Waals surface area contributed by atoms with Gasteiger partial charge in [0.15, 0.2) is 0 Å². The van der Waals surface area contributed by atoms with Crippen molar-refractivity contribution in [1.82, 2.24) is 14.7 Å². The molecular weight excluding hydrogens is 486 g/mol. The van der Waals surface area contributed by atoms with E-state index in [0.29, 0.717) is 0 Å². The maximum absolute atomic E-state index is 5.36. The zero-order valence-electron chi connectivity index (χ0n) is 24.0. The summed E-state index contributed by atoms with van der Waals surface area (Å²) in [6.07, 6.45) is 3.51. The average molecular weight is 532 g/mol. The van der Waals surface area contributed by atoms with Gasteiger partial charge in [-0.2, -0.15) is 0 Å². The van der Waals surface area contributed by atoms with Gasteiger partial charge in [0.25, 0.3) is 0 Å². The maximum Gasteiger partial charge on any atom is 0.118 e. The Hall–Kier alpha value is -3.06. The van der Waals surface area contributed by atoms with Gasteiger partial charge in [-0.3, -0.25) is 14.7 Å². The first-order chi connectivity index (χ1) is 19.1. The number of nitrogens with zero attached hydrogens (tertiary/aromatic N) is 3. The summed E-state index contributed by atoms with van der Waals surface area (Å²) in [4.78, 5) is 7.88. The van der Waals surface area contributed by atoms with Crippen molar-refractivity contribution in [3.05, 3.63) is 89.5 Å². The molecule has 39 heavy (non-hydrogen) atoms. The second-order valence-electron chi connectivity index (χ2n) is 10.4. The number of methoxy groups -OCH3 is 3. The largest absolute Gasteiger partial charge is 0.497 e. The molecule has 1 saturated heterocycles. The molecule has 1 aliphatic heterocycles. The van der Waals surface area contributed by atoms with E-state index in [1.54, 1.807) is 21.3 Å². The molecule has 0 N–H and O–H groups in total. The Morgan fingerprint density at radius 1 is 0.410 bits per heavy atom. The predicted octanol–water partition coefficient (Wildman–Crippen LogP) is 5.70. The molecule has 0 unspecified atom stereocenters. The fourth-order valence-electron chi connectivity index (χ4n) is 5.33. The molecule has 0 radical (unpaired) electrons. The first-order valence-electron chi connectivity index (χ1n) is 14.2. The van der Waals surface area contributed by atoms with Gasteiger partial charge in [0.05, 0.1) is 21.3 Å². The summed E-state index contributed by atoms with van der Waals surface area (Å²) in [5, 5.41) is 0. The van der Waals surface area contributed by atoms with Gasteiger partial charge in [-0.05, 0) is 112 Å². The fourth-order valence-corrected chi connectivity index (χ4v) is 5.33. The Balaban J connectivity index is 1.43. The molecular formula is C33H45N3O3. The lowest BCUT2D eigenvalue weighted by Crippen LogP contribution is -2.36. The lowest BCUT2D eigenvalue weighted by Gasteiger charge is -2.30. The Bertz CT molecular complexity index is 933. The van der Waals surface area contributed by atoms with Crippen molar-refractivity contribution in [3.63, 3.8) is 0 Å². The Morgan fingerprint density at radius 3 is 0.846 bits per heavy atom. The van der Waals surface area contributed by atoms with Crippen molar-refractivity contribution in [2.45, 2.75) is 38.9 Å². The highest BCUT2D eigenvalue weighted by atomic mass is 16.5. The molecule has 1 fully saturated rings. The third kappa shape index (κ3) is 9.57. The molecule has 0 atom stereocenters. The van der Waals surface area contributed by atoms with Crippen molar-refractivity contribution in [3.8, 4) is 17.2 Å². The first-order valence-corrected chi connectivity index (χ1v) is 14.2. The van der Waals surface area contributed by atoms with Gasteiger partial charge < -0.3 is 14.2 Å². The molecule has 3 aromatic carbocycles. The minimum Gasteiger partial charge on any atom is -0.497 e. The van der Waals surface area contributed by atoms with E-state index in [1.807, 2.05) is 0 Å². The van der Waals surface area contributed by atoms with Crippen LogP contribution >= 0.6 is 0 Å². The number of hydrogen-bond donors (Lipinski definition) is 0. The molecule has 0 amide bonds. The van der Waals surface area contributed by atoms with Crippen LogP contribution in [0.15, 0.2) is 72.8 Å². The predicted molar refractivity (Wildman–Crippen MR) is 159 cm³/mol. The summed E-state index contributed by atoms with van der Waals surface area (Å²) in [5.41, 5.74) is 4.02. The summed E-state index contributed by atoms with van der Waals surface area (Å²) in [5.74, 6) is 2.74. The highest BCUT2D eigenvalue weighted by Gasteiger charge is 2.14. The standard InChI is InChI=1S/C33H45N3O3/c1-37-31-13-7-28(8-14-31)25-34-19-4-21-35(26-29-9-15-32(38-2)16-10-29)23-6-24-36(22-5-20-34)27-30-11-17-33(39-3)18-12-30/h7-18H,4-6,19-27H2,1-3H3. The van der Waals surface area contributed by atoms with Crippen LogP contribution in [0, 0.1) is 0 Å². The molecule has 6 heteroatoms. The van der Waals surface area contributed by atoms with Gasteiger partial charge in [0.2, 0.25) is 0 Å². The molecule has 6 nitrogen and oxygen atoms in total. The maximum atomic E-state index is 5.36. The SMILES string of the molecule is COc1ccc(CN2CCCN(Cc3ccc(OC)cc3)CCCN(Cc3ccc(OC)cc3)CCC2)cc1. The molecule has 0 aliphatic carbocycles. The number of rotatable bonds is 9. The van der Waals surface area contributed by atoms with Crippen LogP contribution in [-0.4, -0.2) is 75.3 Å². The quantitative estimate of drug-likeness (QED) is 0.353. The zero-order valence-corrected chi connectivity index (χ0v) is 24.0. The van der Waals surface area contributed by atoms with Gasteiger partial charge in [-0.15, -0.1) is 0 Å². The van der Waals surface area contributed by atoms with E-state index in [9.17, 15) is 0 Å². The van der Waals surface area contributed by atoms with Crippen molar-refractivity contribution >= 4 is 0 Å². The number of ether oxygens (including phenoxy) is 3. The van der Waals surface area contributed by atoms with Crippen molar-refractivity contribution < 1.29 is 14.2 Å². The lowest BCUT2D eigenvalue weighted by molar-refractivity contribution is 0.172. The number of hydrogen-bond acceptors (Lipinski definition) is 6. The van der Waals surface area contributed by atoms with Crippen LogP contribution in [0.4, 0.5) is 0 Å². The van der Waals surface area contributed by atoms with E-state index in [-0.39, 0.29) is 0 Å². The Kier molecular flexibility index (Phi) is 11.5. The van der Waals surface area contributed by atoms with Gasteiger partial charge >= 0.3 is 0 Å². The van der Waals surface area contributed by atoms with E-state index in [2.05, 4.69) is 87.5 Å². The molecule has 0 aromatic heterocycles. The fraction of sp³-hybridized carbons (Fsp3) is 0.455. The lowest BCUT2D eigenvalue weighted by atomic mass is 10.1. The molecule has 4 rings (SSSR count). The van der Waals surface area contributed by atoms with E-state index in [4.69, 9.17) is 14.2 Å². The molecule has 0 bridgehead atoms. The van der Waals surface area contributed by atoms with Crippen LogP contribution in [0.3, 0.4) is 0 Å². The van der Waals surface area contributed by atoms with Gasteiger partial charge in [-0.25, -0.2) is 0 Å². The van der Waals surface area contributed by atoms with Crippen LogP contribution in [0.5, 0.6) is 17.2 Å². The van der Waals surface area contributed by atoms with E-state index < -0.39 is 0 Å². The third-order valence-electron chi connectivity index (χ3n) is 7.54. The first kappa shape index (κ1) is 28.9. The van der Waals surface area contributed by atoms with Gasteiger partial charge in [0, 0.05) is 19.6 Å². The molecule has 1 aliphatic rings. The van der Waals surface area contributed by atoms with Crippen LogP contribution in [0.1, 0.15) is 36.0 Å². The monoisotopic (exact) mass is 531 g/mol. The summed E-state index contributed by atoms with van der Waals surface area (Å²) >= 11 is 0. The van der Waals surface area contributed by atoms with Crippen LogP contribution < -0.4 is 14.2 Å². The third-order valence-corrected chi connectivity index (χ3v) is 7.54. The molecule has 0 spiro atoms. The molecule has 0 saturated carbocycles. The van der Waals surface area contributed by atoms with Crippen molar-refractivity contribution in [2.24, 2.45) is 0 Å². The summed E-state index contributed by atoms with van der Waals surface area (Å²) in [6.45, 7) is 9.52. The Morgan fingerprint density at radius 2 is 0.641 bits per heavy atom.